The fourth-order valence-corrected chi connectivity index (χ4v) is 15.1. The van der Waals surface area contributed by atoms with E-state index >= 15 is 0 Å². The summed E-state index contributed by atoms with van der Waals surface area (Å²) in [5, 5.41) is 14.2. The van der Waals surface area contributed by atoms with Crippen molar-refractivity contribution in [1.29, 1.82) is 0 Å². The minimum absolute atomic E-state index is 0.0183. The highest BCUT2D eigenvalue weighted by atomic mass is 35.5. The van der Waals surface area contributed by atoms with Crippen LogP contribution in [0.4, 0.5) is 157 Å². The molecule has 148 heavy (non-hydrogen) atoms. The summed E-state index contributed by atoms with van der Waals surface area (Å²) in [6.07, 6.45) is -2.29. The molecule has 758 valence electrons. The molecule has 0 amide bonds. The number of aryl methyl sites for hydroxylation is 5. The Morgan fingerprint density at radius 3 is 0.953 bits per heavy atom. The molecule has 0 saturated carbocycles. The molecule has 0 fully saturated rings. The number of imidazole rings is 5. The third kappa shape index (κ3) is 23.2. The summed E-state index contributed by atoms with van der Waals surface area (Å²) >= 11 is 12.6. The molecule has 0 unspecified atom stereocenters. The molecular formula is C97H76Cl2F16N30O3. The molecule has 0 aliphatic heterocycles. The summed E-state index contributed by atoms with van der Waals surface area (Å²) in [6, 6.07) is 54.7. The van der Waals surface area contributed by atoms with E-state index in [1.54, 1.807) is 93.5 Å². The zero-order chi connectivity index (χ0) is 105. The van der Waals surface area contributed by atoms with Crippen LogP contribution in [0.5, 0.6) is 17.2 Å². The largest absolute Gasteiger partial charge is 0.435 e. The number of nitrogen functional groups attached to an aromatic ring is 5. The lowest BCUT2D eigenvalue weighted by molar-refractivity contribution is -0.138. The number of halogens is 18. The van der Waals surface area contributed by atoms with E-state index in [4.69, 9.17) is 51.9 Å². The molecule has 15 N–H and O–H groups in total. The second kappa shape index (κ2) is 43.5. The maximum atomic E-state index is 14.5. The minimum Gasteiger partial charge on any atom is -0.435 e. The maximum Gasteiger partial charge on any atom is 0.416 e. The summed E-state index contributed by atoms with van der Waals surface area (Å²) in [4.78, 5) is 64.8. The third-order valence-electron chi connectivity index (χ3n) is 21.4. The number of ether oxygens (including phenoxy) is 3. The number of hydrogen-bond acceptors (Lipinski definition) is 28. The van der Waals surface area contributed by atoms with Crippen LogP contribution in [0.15, 0.2) is 237 Å². The first-order valence-electron chi connectivity index (χ1n) is 43.7. The van der Waals surface area contributed by atoms with Gasteiger partial charge in [-0.1, -0.05) is 79.5 Å². The normalized spacial score (nSPS) is 11.4. The number of aromatic nitrogens is 20. The Labute approximate surface area is 835 Å². The lowest BCUT2D eigenvalue weighted by Crippen LogP contribution is -2.10. The fraction of sp³-hybridized carbons (Fsp3) is 0.124. The van der Waals surface area contributed by atoms with Gasteiger partial charge >= 0.3 is 32.2 Å². The summed E-state index contributed by atoms with van der Waals surface area (Å²) < 4.78 is 229. The van der Waals surface area contributed by atoms with Crippen molar-refractivity contribution in [2.75, 3.05) is 55.3 Å². The lowest BCUT2D eigenvalue weighted by atomic mass is 10.2. The van der Waals surface area contributed by atoms with Gasteiger partial charge in [0.25, 0.3) is 0 Å². The van der Waals surface area contributed by atoms with Gasteiger partial charge in [-0.15, -0.1) is 0 Å². The molecule has 13 aromatic heterocycles. The molecule has 7 aromatic carbocycles. The van der Waals surface area contributed by atoms with E-state index in [0.717, 1.165) is 70.1 Å². The van der Waals surface area contributed by atoms with Crippen molar-refractivity contribution in [3.63, 3.8) is 0 Å². The molecule has 0 aliphatic carbocycles. The average molecular weight is 2080 g/mol. The van der Waals surface area contributed by atoms with E-state index in [2.05, 4.69) is 116 Å². The van der Waals surface area contributed by atoms with Gasteiger partial charge in [0.05, 0.1) is 50.3 Å². The second-order valence-electron chi connectivity index (χ2n) is 31.4. The van der Waals surface area contributed by atoms with Crippen LogP contribution in [-0.4, -0.2) is 117 Å². The Balaban J connectivity index is 0.000000132. The molecule has 33 nitrogen and oxygen atoms in total. The van der Waals surface area contributed by atoms with Gasteiger partial charge in [0.1, 0.15) is 78.9 Å². The number of nitrogens with two attached hydrogens (primary N) is 5. The molecule has 0 radical (unpaired) electrons. The highest BCUT2D eigenvalue weighted by Crippen LogP contribution is 2.40. The number of nitrogens with one attached hydrogen (secondary N) is 5. The quantitative estimate of drug-likeness (QED) is 0.0266. The van der Waals surface area contributed by atoms with Gasteiger partial charge in [-0.25, -0.2) is 59.2 Å². The number of benzene rings is 7. The molecule has 0 atom stereocenters. The predicted molar refractivity (Wildman–Crippen MR) is 525 cm³/mol. The van der Waals surface area contributed by atoms with Crippen molar-refractivity contribution in [2.24, 2.45) is 0 Å². The van der Waals surface area contributed by atoms with Crippen LogP contribution >= 0.6 is 23.2 Å². The van der Waals surface area contributed by atoms with E-state index in [9.17, 15) is 70.2 Å². The maximum absolute atomic E-state index is 14.5. The Morgan fingerprint density at radius 1 is 0.331 bits per heavy atom. The number of hydrogen-bond donors (Lipinski definition) is 10. The van der Waals surface area contributed by atoms with Crippen molar-refractivity contribution in [2.45, 2.75) is 79.6 Å². The topological polar surface area (TPSA) is 434 Å². The lowest BCUT2D eigenvalue weighted by Gasteiger charge is -2.13. The van der Waals surface area contributed by atoms with Crippen LogP contribution in [0.3, 0.4) is 0 Å². The van der Waals surface area contributed by atoms with E-state index < -0.39 is 84.0 Å². The Morgan fingerprint density at radius 2 is 0.635 bits per heavy atom. The number of rotatable bonds is 23. The number of fused-ring (bicyclic) bond motifs is 5. The summed E-state index contributed by atoms with van der Waals surface area (Å²) in [7, 11) is 0. The number of alkyl halides is 12. The van der Waals surface area contributed by atoms with Crippen LogP contribution in [0.25, 0.3) is 85.5 Å². The highest BCUT2D eigenvalue weighted by Gasteiger charge is 2.33. The molecule has 51 heteroatoms. The zero-order valence-corrected chi connectivity index (χ0v) is 78.5. The fourth-order valence-electron chi connectivity index (χ4n) is 14.8. The molecular weight excluding hydrogens is 2010 g/mol. The number of para-hydroxylation sites is 4. The van der Waals surface area contributed by atoms with Gasteiger partial charge in [0.15, 0.2) is 75.6 Å². The van der Waals surface area contributed by atoms with E-state index in [1.165, 1.54) is 66.7 Å². The summed E-state index contributed by atoms with van der Waals surface area (Å²) in [5.41, 5.74) is 38.0. The van der Waals surface area contributed by atoms with Crippen LogP contribution in [0.1, 0.15) is 53.7 Å². The molecule has 0 aliphatic rings. The summed E-state index contributed by atoms with van der Waals surface area (Å²) in [6.45, 7) is 0.250. The molecule has 0 saturated heterocycles. The highest BCUT2D eigenvalue weighted by molar-refractivity contribution is 6.35. The van der Waals surface area contributed by atoms with Crippen molar-refractivity contribution in [3.8, 4) is 63.7 Å². The van der Waals surface area contributed by atoms with Crippen molar-refractivity contribution in [1.82, 2.24) is 97.1 Å². The monoisotopic (exact) mass is 2080 g/mol. The van der Waals surface area contributed by atoms with Gasteiger partial charge in [0.2, 0.25) is 29.3 Å². The van der Waals surface area contributed by atoms with E-state index in [0.29, 0.717) is 87.0 Å². The SMILES string of the molecule is CCc1nc2ccccc2n1-c1nc(N)c(Cl)c(Nc2ccc(C(F)(F)F)cc2)n1.CCc1nc2ccccc2n1-c1nc(N)c(Cl)c(Nc2ccc(OC(F)F)cc2)n1.Cc1nc2ccccn2c1-c1nc(N)c(F)c(Nc2ccc(C(F)(F)F)cc2)n1.Cc1nc2ccccn2c1-c1nc(N)c(F)c(Nc2ccc(OC(F)F)c(F)c2)n1.Cc1nc2ccccn2c1-c1nc(N)c(F)c(Nc2ccc(OC(F)F)cc2)n1. The molecule has 20 aromatic rings. The van der Waals surface area contributed by atoms with Crippen LogP contribution < -0.4 is 69.5 Å². The first kappa shape index (κ1) is 103. The number of nitrogens with zero attached hydrogens (tertiary/aromatic N) is 20. The minimum atomic E-state index is -4.46. The van der Waals surface area contributed by atoms with Gasteiger partial charge in [-0.3, -0.25) is 22.3 Å². The van der Waals surface area contributed by atoms with Gasteiger partial charge in [0, 0.05) is 65.9 Å². The van der Waals surface area contributed by atoms with Crippen molar-refractivity contribution in [3.05, 3.63) is 310 Å². The van der Waals surface area contributed by atoms with Crippen LogP contribution in [0.2, 0.25) is 10.0 Å². The van der Waals surface area contributed by atoms with Crippen molar-refractivity contribution < 1.29 is 84.5 Å². The van der Waals surface area contributed by atoms with Gasteiger partial charge < -0.3 is 69.5 Å². The van der Waals surface area contributed by atoms with Crippen molar-refractivity contribution >= 4 is 149 Å². The first-order chi connectivity index (χ1) is 70.7. The Kier molecular flexibility index (Phi) is 30.2. The predicted octanol–water partition coefficient (Wildman–Crippen LogP) is 23.4. The smallest absolute Gasteiger partial charge is 0.416 e. The molecule has 13 heterocycles. The average Bonchev–Trinajstić information content (AvgIpc) is 1.63. The summed E-state index contributed by atoms with van der Waals surface area (Å²) in [5.74, 6) is -3.10. The second-order valence-corrected chi connectivity index (χ2v) is 32.1. The number of pyridine rings is 3. The molecule has 0 spiro atoms. The van der Waals surface area contributed by atoms with Crippen LogP contribution in [-0.2, 0) is 25.2 Å². The number of anilines is 15. The standard InChI is InChI=1S/C20H16ClF3N6.C20H17ClF2N6O.C19H14F4N6O.C19H14F4N6.C19H15F3N6O/c1-2-15-27-13-5-3-4-6-14(13)30(15)19-28-17(25)16(21)18(29-19)26-12-9-7-11(8-10-12)20(22,23)24;1-2-15-26-13-5-3-4-6-14(13)29(15)20-27-17(24)16(21)18(28-20)25-11-7-9-12(10-8-11)30-19(22)23;1-9-15(29-7-3-2-4-13(29)25-9)18-27-16(24)14(21)17(28-18)26-10-5-6-12(11(20)8-10)30-19(22)23;1-10-15(29-9-3-2-4-13(29)25-10)18-27-16(24)14(20)17(28-18)26-12-7-5-11(6-8-12)19(21,22)23;1-10-15(28-9-3-2-4-13(28)24-10)18-26-16(23)14(20)17(27-18)25-11-5-7-12(8-6-11)29-19(21)22/h3-10H,2H2,1H3,(H3,25,26,28,29);3-10,19H,2H2,1H3,(H3,24,25,27,28);2-8,19H,1H3,(H3,24,26,27,28);2-9H,1H3,(H3,24,26,27,28);2-9,19H,1H3,(H3,23,25,26,27). The van der Waals surface area contributed by atoms with E-state index in [-0.39, 0.29) is 103 Å². The van der Waals surface area contributed by atoms with Crippen LogP contribution in [0, 0.1) is 44.0 Å². The molecule has 0 bridgehead atoms. The first-order valence-corrected chi connectivity index (χ1v) is 44.4. The van der Waals surface area contributed by atoms with Gasteiger partial charge in [-0.2, -0.15) is 85.8 Å². The Bertz CT molecular complexity index is 8250. The van der Waals surface area contributed by atoms with Gasteiger partial charge in [-0.05, 0) is 191 Å². The zero-order valence-electron chi connectivity index (χ0n) is 77.0. The molecule has 20 rings (SSSR count). The van der Waals surface area contributed by atoms with E-state index in [1.807, 2.05) is 97.3 Å². The third-order valence-corrected chi connectivity index (χ3v) is 22.2. The Hall–Kier alpha value is -18.2.